The van der Waals surface area contributed by atoms with E-state index in [0.29, 0.717) is 17.9 Å². The van der Waals surface area contributed by atoms with E-state index in [9.17, 15) is 24.3 Å². The summed E-state index contributed by atoms with van der Waals surface area (Å²) in [4.78, 5) is 54.3. The van der Waals surface area contributed by atoms with Gasteiger partial charge in [0.25, 0.3) is 0 Å². The number of H-pyrrole nitrogens is 1. The Bertz CT molecular complexity index is 1090. The van der Waals surface area contributed by atoms with Gasteiger partial charge in [-0.25, -0.2) is 4.79 Å². The molecule has 1 aromatic heterocycles. The lowest BCUT2D eigenvalue weighted by Crippen LogP contribution is -2.59. The largest absolute Gasteiger partial charge is 0.480 e. The number of nitrogens with two attached hydrogens (primary N) is 1. The number of aromatic amines is 1. The third-order valence-corrected chi connectivity index (χ3v) is 7.46. The van der Waals surface area contributed by atoms with Gasteiger partial charge in [-0.2, -0.15) is 23.5 Å². The Kier molecular flexibility index (Phi) is 13.0. The molecule has 4 atom stereocenters. The second kappa shape index (κ2) is 15.6. The monoisotopic (exact) mass is 565 g/mol. The van der Waals surface area contributed by atoms with Crippen molar-refractivity contribution in [1.29, 1.82) is 0 Å². The maximum Gasteiger partial charge on any atom is 0.326 e. The quantitative estimate of drug-likeness (QED) is 0.179. The fraction of sp³-hybridized carbons (Fsp3) is 0.538. The molecule has 0 aliphatic carbocycles. The number of para-hydroxylation sites is 1. The van der Waals surface area contributed by atoms with Gasteiger partial charge < -0.3 is 31.8 Å². The Hall–Kier alpha value is -2.70. The number of carboxylic acids is 1. The highest BCUT2D eigenvalue weighted by Gasteiger charge is 2.32. The van der Waals surface area contributed by atoms with Crippen LogP contribution in [0.15, 0.2) is 30.5 Å². The van der Waals surface area contributed by atoms with Crippen molar-refractivity contribution in [2.45, 2.75) is 57.3 Å². The van der Waals surface area contributed by atoms with Gasteiger partial charge in [-0.05, 0) is 54.4 Å². The highest BCUT2D eigenvalue weighted by molar-refractivity contribution is 7.98. The minimum atomic E-state index is -1.14. The van der Waals surface area contributed by atoms with Gasteiger partial charge in [-0.1, -0.05) is 32.0 Å². The zero-order valence-corrected chi connectivity index (χ0v) is 23.9. The van der Waals surface area contributed by atoms with Gasteiger partial charge >= 0.3 is 5.97 Å². The van der Waals surface area contributed by atoms with Gasteiger partial charge in [-0.3, -0.25) is 14.4 Å². The van der Waals surface area contributed by atoms with Crippen LogP contribution >= 0.6 is 23.5 Å². The number of rotatable bonds is 16. The summed E-state index contributed by atoms with van der Waals surface area (Å²) in [7, 11) is 0. The summed E-state index contributed by atoms with van der Waals surface area (Å²) in [6, 6.07) is 3.73. The number of fused-ring (bicyclic) bond motifs is 1. The van der Waals surface area contributed by atoms with Crippen molar-refractivity contribution in [3.8, 4) is 0 Å². The predicted octanol–water partition coefficient (Wildman–Crippen LogP) is 1.74. The topological polar surface area (TPSA) is 166 Å². The van der Waals surface area contributed by atoms with Gasteiger partial charge in [0.15, 0.2) is 0 Å². The lowest BCUT2D eigenvalue weighted by Gasteiger charge is -2.27. The zero-order chi connectivity index (χ0) is 28.2. The van der Waals surface area contributed by atoms with Gasteiger partial charge in [0.2, 0.25) is 17.7 Å². The average Bonchev–Trinajstić information content (AvgIpc) is 3.29. The van der Waals surface area contributed by atoms with Crippen LogP contribution in [0.5, 0.6) is 0 Å². The smallest absolute Gasteiger partial charge is 0.326 e. The number of hydrogen-bond donors (Lipinski definition) is 6. The summed E-state index contributed by atoms with van der Waals surface area (Å²) in [6.45, 7) is 3.57. The number of aromatic nitrogens is 1. The van der Waals surface area contributed by atoms with E-state index < -0.39 is 47.9 Å². The van der Waals surface area contributed by atoms with E-state index in [1.54, 1.807) is 31.8 Å². The summed E-state index contributed by atoms with van der Waals surface area (Å²) in [6.07, 6.45) is 6.39. The minimum Gasteiger partial charge on any atom is -0.480 e. The van der Waals surface area contributed by atoms with Crippen molar-refractivity contribution >= 4 is 58.1 Å². The number of thioether (sulfide) groups is 2. The van der Waals surface area contributed by atoms with E-state index in [4.69, 9.17) is 5.73 Å². The molecule has 1 heterocycles. The Morgan fingerprint density at radius 3 is 2.18 bits per heavy atom. The van der Waals surface area contributed by atoms with Crippen LogP contribution in [0.4, 0.5) is 0 Å². The molecule has 0 bridgehead atoms. The Morgan fingerprint density at radius 2 is 1.55 bits per heavy atom. The molecule has 0 fully saturated rings. The van der Waals surface area contributed by atoms with Crippen molar-refractivity contribution in [2.75, 3.05) is 24.0 Å². The third-order valence-electron chi connectivity index (χ3n) is 6.17. The van der Waals surface area contributed by atoms with E-state index in [0.717, 1.165) is 16.5 Å². The van der Waals surface area contributed by atoms with Gasteiger partial charge in [0.1, 0.15) is 18.1 Å². The Morgan fingerprint density at radius 1 is 0.921 bits per heavy atom. The number of benzene rings is 1. The highest BCUT2D eigenvalue weighted by Crippen LogP contribution is 2.19. The van der Waals surface area contributed by atoms with E-state index in [-0.39, 0.29) is 18.8 Å². The fourth-order valence-electron chi connectivity index (χ4n) is 3.93. The predicted molar refractivity (Wildman–Crippen MR) is 154 cm³/mol. The number of nitrogens with one attached hydrogen (secondary N) is 4. The lowest BCUT2D eigenvalue weighted by molar-refractivity contribution is -0.142. The molecule has 1 aromatic carbocycles. The minimum absolute atomic E-state index is 0.127. The summed E-state index contributed by atoms with van der Waals surface area (Å²) >= 11 is 3.05. The molecule has 0 spiro atoms. The lowest BCUT2D eigenvalue weighted by atomic mass is 10.00. The van der Waals surface area contributed by atoms with Crippen LogP contribution in [-0.2, 0) is 25.6 Å². The summed E-state index contributed by atoms with van der Waals surface area (Å²) in [5.74, 6) is -1.75. The van der Waals surface area contributed by atoms with Crippen molar-refractivity contribution in [2.24, 2.45) is 11.7 Å². The molecular weight excluding hydrogens is 526 g/mol. The van der Waals surface area contributed by atoms with Crippen molar-refractivity contribution in [1.82, 2.24) is 20.9 Å². The number of amides is 3. The molecule has 3 amide bonds. The first-order chi connectivity index (χ1) is 18.1. The molecule has 0 aliphatic heterocycles. The summed E-state index contributed by atoms with van der Waals surface area (Å²) < 4.78 is 0. The summed E-state index contributed by atoms with van der Waals surface area (Å²) in [5, 5.41) is 18.6. The molecule has 10 nitrogen and oxygen atoms in total. The standard InChI is InChI=1S/C26H39N5O5S2/c1-15(2)22(31-23(32)18(27)9-11-37-3)25(34)30-21(24(33)29-20(26(35)36)10-12-38-4)13-16-14-28-19-8-6-5-7-17(16)19/h5-8,14-15,18,20-22,28H,9-13,27H2,1-4H3,(H,29,33)(H,30,34)(H,31,32)(H,35,36). The zero-order valence-electron chi connectivity index (χ0n) is 22.3. The highest BCUT2D eigenvalue weighted by atomic mass is 32.2. The second-order valence-corrected chi connectivity index (χ2v) is 11.4. The van der Waals surface area contributed by atoms with Gasteiger partial charge in [-0.15, -0.1) is 0 Å². The van der Waals surface area contributed by atoms with E-state index in [1.165, 1.54) is 11.8 Å². The van der Waals surface area contributed by atoms with Crippen LogP contribution < -0.4 is 21.7 Å². The van der Waals surface area contributed by atoms with Gasteiger partial charge in [0.05, 0.1) is 6.04 Å². The molecule has 0 aliphatic rings. The molecule has 0 saturated heterocycles. The number of carbonyl (C=O) groups excluding carboxylic acids is 3. The Balaban J connectivity index is 2.27. The normalized spacial score (nSPS) is 14.5. The van der Waals surface area contributed by atoms with E-state index in [1.807, 2.05) is 36.8 Å². The molecule has 7 N–H and O–H groups in total. The van der Waals surface area contributed by atoms with Gasteiger partial charge in [0, 0.05) is 23.5 Å². The number of hydrogen-bond acceptors (Lipinski definition) is 7. The van der Waals surface area contributed by atoms with Crippen LogP contribution in [0.25, 0.3) is 10.9 Å². The molecule has 0 radical (unpaired) electrons. The molecule has 210 valence electrons. The molecule has 38 heavy (non-hydrogen) atoms. The molecule has 2 rings (SSSR count). The molecule has 12 heteroatoms. The van der Waals surface area contributed by atoms with Crippen LogP contribution in [0.3, 0.4) is 0 Å². The first-order valence-corrected chi connectivity index (χ1v) is 15.3. The molecule has 4 unspecified atom stereocenters. The summed E-state index contributed by atoms with van der Waals surface area (Å²) in [5.41, 5.74) is 7.66. The van der Waals surface area contributed by atoms with Crippen LogP contribution in [0, 0.1) is 5.92 Å². The fourth-order valence-corrected chi connectivity index (χ4v) is 4.89. The van der Waals surface area contributed by atoms with E-state index in [2.05, 4.69) is 20.9 Å². The molecular formula is C26H39N5O5S2. The Labute approximate surface area is 232 Å². The first-order valence-electron chi connectivity index (χ1n) is 12.5. The SMILES string of the molecule is CSCCC(N)C(=O)NC(C(=O)NC(Cc1c[nH]c2ccccc12)C(=O)NC(CCSC)C(=O)O)C(C)C. The average molecular weight is 566 g/mol. The van der Waals surface area contributed by atoms with Crippen molar-refractivity contribution < 1.29 is 24.3 Å². The maximum absolute atomic E-state index is 13.4. The van der Waals surface area contributed by atoms with Crippen molar-refractivity contribution in [3.05, 3.63) is 36.0 Å². The number of carbonyl (C=O) groups is 4. The molecule has 0 saturated carbocycles. The number of aliphatic carboxylic acids is 1. The van der Waals surface area contributed by atoms with Crippen LogP contribution in [0.2, 0.25) is 0 Å². The van der Waals surface area contributed by atoms with Crippen LogP contribution in [-0.4, -0.2) is 82.0 Å². The van der Waals surface area contributed by atoms with Crippen molar-refractivity contribution in [3.63, 3.8) is 0 Å². The maximum atomic E-state index is 13.4. The first kappa shape index (κ1) is 31.5. The molecule has 2 aromatic rings. The van der Waals surface area contributed by atoms with Crippen LogP contribution in [0.1, 0.15) is 32.3 Å². The second-order valence-electron chi connectivity index (χ2n) is 9.42. The third kappa shape index (κ3) is 9.25. The van der Waals surface area contributed by atoms with E-state index >= 15 is 0 Å². The number of carboxylic acid groups (broad SMARTS) is 1.